The molecule has 0 saturated heterocycles. The zero-order chi connectivity index (χ0) is 15.2. The first kappa shape index (κ1) is 15.7. The summed E-state index contributed by atoms with van der Waals surface area (Å²) in [6.07, 6.45) is 0. The van der Waals surface area contributed by atoms with Crippen LogP contribution in [0.4, 0.5) is 5.69 Å². The maximum atomic E-state index is 6.25. The minimum absolute atomic E-state index is 0.633. The number of nitrogens with one attached hydrogen (secondary N) is 1. The molecule has 1 N–H and O–H groups in total. The number of anilines is 1. The van der Waals surface area contributed by atoms with Crippen LogP contribution in [0.2, 0.25) is 5.02 Å². The number of ether oxygens (including phenoxy) is 1. The second-order valence-corrected chi connectivity index (χ2v) is 5.62. The zero-order valence-corrected chi connectivity index (χ0v) is 13.4. The molecular formula is C17H21ClN2O. The van der Waals surface area contributed by atoms with Gasteiger partial charge in [0.25, 0.3) is 0 Å². The van der Waals surface area contributed by atoms with Crippen molar-refractivity contribution in [2.24, 2.45) is 0 Å². The topological polar surface area (TPSA) is 24.5 Å². The molecule has 0 fully saturated rings. The van der Waals surface area contributed by atoms with Crippen LogP contribution in [0.3, 0.4) is 0 Å². The van der Waals surface area contributed by atoms with Crippen molar-refractivity contribution >= 4 is 17.3 Å². The largest absolute Gasteiger partial charge is 0.496 e. The van der Waals surface area contributed by atoms with Crippen LogP contribution in [0.25, 0.3) is 0 Å². The Morgan fingerprint density at radius 1 is 1.14 bits per heavy atom. The molecule has 0 atom stereocenters. The summed E-state index contributed by atoms with van der Waals surface area (Å²) in [5, 5.41) is 4.12. The van der Waals surface area contributed by atoms with Crippen LogP contribution < -0.4 is 10.1 Å². The fraction of sp³-hybridized carbons (Fsp3) is 0.294. The lowest BCUT2D eigenvalue weighted by Gasteiger charge is -2.14. The van der Waals surface area contributed by atoms with Gasteiger partial charge < -0.3 is 15.0 Å². The maximum Gasteiger partial charge on any atom is 0.125 e. The number of hydrogen-bond donors (Lipinski definition) is 1. The lowest BCUT2D eigenvalue weighted by atomic mass is 10.1. The van der Waals surface area contributed by atoms with Crippen molar-refractivity contribution in [3.8, 4) is 5.75 Å². The molecule has 0 aromatic heterocycles. The number of halogens is 1. The van der Waals surface area contributed by atoms with Crippen LogP contribution in [0.1, 0.15) is 11.1 Å². The summed E-state index contributed by atoms with van der Waals surface area (Å²) in [5.41, 5.74) is 3.33. The summed E-state index contributed by atoms with van der Waals surface area (Å²) in [7, 11) is 5.79. The van der Waals surface area contributed by atoms with Crippen molar-refractivity contribution < 1.29 is 4.74 Å². The Bertz CT molecular complexity index is 599. The first-order valence-electron chi connectivity index (χ1n) is 6.89. The van der Waals surface area contributed by atoms with Crippen molar-refractivity contribution in [3.63, 3.8) is 0 Å². The Labute approximate surface area is 131 Å². The number of rotatable bonds is 6. The average Bonchev–Trinajstić information content (AvgIpc) is 2.45. The van der Waals surface area contributed by atoms with Gasteiger partial charge in [0, 0.05) is 29.4 Å². The van der Waals surface area contributed by atoms with E-state index in [-0.39, 0.29) is 0 Å². The molecule has 0 bridgehead atoms. The fourth-order valence-electron chi connectivity index (χ4n) is 2.24. The van der Waals surface area contributed by atoms with Crippen molar-refractivity contribution in [1.82, 2.24) is 4.90 Å². The molecule has 0 unspecified atom stereocenters. The zero-order valence-electron chi connectivity index (χ0n) is 12.7. The Kier molecular flexibility index (Phi) is 5.48. The van der Waals surface area contributed by atoms with Crippen molar-refractivity contribution in [3.05, 3.63) is 58.6 Å². The van der Waals surface area contributed by atoms with Gasteiger partial charge in [-0.15, -0.1) is 0 Å². The van der Waals surface area contributed by atoms with Crippen molar-refractivity contribution in [2.45, 2.75) is 13.1 Å². The molecule has 2 aromatic carbocycles. The maximum absolute atomic E-state index is 6.25. The van der Waals surface area contributed by atoms with E-state index in [0.29, 0.717) is 11.6 Å². The van der Waals surface area contributed by atoms with Crippen LogP contribution in [0.15, 0.2) is 42.5 Å². The monoisotopic (exact) mass is 304 g/mol. The number of methoxy groups -OCH3 is 1. The lowest BCUT2D eigenvalue weighted by Crippen LogP contribution is -2.11. The Balaban J connectivity index is 2.10. The molecule has 21 heavy (non-hydrogen) atoms. The third-order valence-electron chi connectivity index (χ3n) is 3.19. The molecule has 0 amide bonds. The van der Waals surface area contributed by atoms with Gasteiger partial charge in [0.05, 0.1) is 7.11 Å². The van der Waals surface area contributed by atoms with Crippen LogP contribution in [-0.4, -0.2) is 26.1 Å². The first-order chi connectivity index (χ1) is 10.1. The molecule has 4 heteroatoms. The first-order valence-corrected chi connectivity index (χ1v) is 7.27. The fourth-order valence-corrected chi connectivity index (χ4v) is 2.47. The predicted molar refractivity (Wildman–Crippen MR) is 89.2 cm³/mol. The van der Waals surface area contributed by atoms with Crippen LogP contribution >= 0.6 is 11.6 Å². The molecule has 0 aliphatic heterocycles. The van der Waals surface area contributed by atoms with E-state index >= 15 is 0 Å². The number of hydrogen-bond acceptors (Lipinski definition) is 3. The quantitative estimate of drug-likeness (QED) is 0.872. The van der Waals surface area contributed by atoms with E-state index in [1.54, 1.807) is 7.11 Å². The van der Waals surface area contributed by atoms with Crippen molar-refractivity contribution in [1.29, 1.82) is 0 Å². The van der Waals surface area contributed by atoms with E-state index in [1.807, 2.05) is 18.2 Å². The third-order valence-corrected chi connectivity index (χ3v) is 3.54. The lowest BCUT2D eigenvalue weighted by molar-refractivity contribution is 0.402. The van der Waals surface area contributed by atoms with Gasteiger partial charge in [-0.25, -0.2) is 0 Å². The van der Waals surface area contributed by atoms with Gasteiger partial charge in [-0.1, -0.05) is 29.8 Å². The Morgan fingerprint density at radius 2 is 1.90 bits per heavy atom. The molecule has 3 nitrogen and oxygen atoms in total. The predicted octanol–water partition coefficient (Wildman–Crippen LogP) is 4.02. The highest BCUT2D eigenvalue weighted by Gasteiger charge is 2.07. The van der Waals surface area contributed by atoms with Gasteiger partial charge >= 0.3 is 0 Å². The van der Waals surface area contributed by atoms with Gasteiger partial charge in [-0.05, 0) is 43.9 Å². The molecule has 112 valence electrons. The summed E-state index contributed by atoms with van der Waals surface area (Å²) in [6, 6.07) is 14.1. The molecule has 2 rings (SSSR count). The smallest absolute Gasteiger partial charge is 0.125 e. The molecule has 0 radical (unpaired) electrons. The van der Waals surface area contributed by atoms with Crippen molar-refractivity contribution in [2.75, 3.05) is 26.5 Å². The van der Waals surface area contributed by atoms with E-state index in [4.69, 9.17) is 16.3 Å². The summed E-state index contributed by atoms with van der Waals surface area (Å²) in [5.74, 6) is 0.805. The standard InChI is InChI=1S/C17H21ClN2O/c1-20(2)12-13-6-4-7-14(10-13)19-11-15-16(18)8-5-9-17(15)21-3/h4-10,19H,11-12H2,1-3H3. The van der Waals surface area contributed by atoms with E-state index in [2.05, 4.69) is 48.6 Å². The third kappa shape index (κ3) is 4.38. The SMILES string of the molecule is COc1cccc(Cl)c1CNc1cccc(CN(C)C)c1. The van der Waals surface area contributed by atoms with Gasteiger partial charge in [-0.3, -0.25) is 0 Å². The molecule has 0 aliphatic carbocycles. The van der Waals surface area contributed by atoms with Crippen LogP contribution in [0, 0.1) is 0 Å². The molecule has 2 aromatic rings. The molecule has 0 aliphatic rings. The minimum atomic E-state index is 0.633. The Hall–Kier alpha value is -1.71. The second kappa shape index (κ2) is 7.34. The Morgan fingerprint density at radius 3 is 2.62 bits per heavy atom. The molecule has 0 saturated carbocycles. The number of benzene rings is 2. The van der Waals surface area contributed by atoms with Crippen LogP contribution in [0.5, 0.6) is 5.75 Å². The highest BCUT2D eigenvalue weighted by atomic mass is 35.5. The van der Waals surface area contributed by atoms with E-state index in [0.717, 1.165) is 23.5 Å². The van der Waals surface area contributed by atoms with Gasteiger partial charge in [0.1, 0.15) is 5.75 Å². The normalized spacial score (nSPS) is 10.7. The average molecular weight is 305 g/mol. The van der Waals surface area contributed by atoms with E-state index < -0.39 is 0 Å². The summed E-state index contributed by atoms with van der Waals surface area (Å²) >= 11 is 6.25. The number of nitrogens with zero attached hydrogens (tertiary/aromatic N) is 1. The molecule has 0 spiro atoms. The summed E-state index contributed by atoms with van der Waals surface area (Å²) < 4.78 is 5.36. The van der Waals surface area contributed by atoms with Gasteiger partial charge in [-0.2, -0.15) is 0 Å². The van der Waals surface area contributed by atoms with Crippen LogP contribution in [-0.2, 0) is 13.1 Å². The second-order valence-electron chi connectivity index (χ2n) is 5.21. The molecular weight excluding hydrogens is 284 g/mol. The van der Waals surface area contributed by atoms with E-state index in [1.165, 1.54) is 5.56 Å². The van der Waals surface area contributed by atoms with E-state index in [9.17, 15) is 0 Å². The highest BCUT2D eigenvalue weighted by Crippen LogP contribution is 2.27. The van der Waals surface area contributed by atoms with Gasteiger partial charge in [0.2, 0.25) is 0 Å². The summed E-state index contributed by atoms with van der Waals surface area (Å²) in [4.78, 5) is 2.15. The summed E-state index contributed by atoms with van der Waals surface area (Å²) in [6.45, 7) is 1.55. The van der Waals surface area contributed by atoms with Gasteiger partial charge in [0.15, 0.2) is 0 Å². The highest BCUT2D eigenvalue weighted by molar-refractivity contribution is 6.31. The molecule has 0 heterocycles. The minimum Gasteiger partial charge on any atom is -0.496 e.